The number of nitrogens with zero attached hydrogens (tertiary/aromatic N) is 2. The monoisotopic (exact) mass is 452 g/mol. The molecule has 0 aliphatic carbocycles. The van der Waals surface area contributed by atoms with Crippen LogP contribution in [0, 0.1) is 11.7 Å². The standard InChI is InChI=1S/C21H13FN4O5S/c22-11-6-8-13(9-7-11)25-18(29)14(16(27)23-20(25)31)10-15-17(28)24-21(32)26(19(15)30)12-4-2-1-3-5-12/h1-10,15H,(H,23,27,31)(H,24,28,32)/b14-10+/t15-/m0/s1. The van der Waals surface area contributed by atoms with Gasteiger partial charge < -0.3 is 5.32 Å². The molecular formula is C21H13FN4O5S. The lowest BCUT2D eigenvalue weighted by Crippen LogP contribution is -2.58. The van der Waals surface area contributed by atoms with Crippen LogP contribution < -0.4 is 20.4 Å². The van der Waals surface area contributed by atoms with Crippen molar-refractivity contribution in [2.75, 3.05) is 9.80 Å². The van der Waals surface area contributed by atoms with E-state index in [0.717, 1.165) is 23.1 Å². The topological polar surface area (TPSA) is 116 Å². The Morgan fingerprint density at radius 2 is 1.47 bits per heavy atom. The molecular weight excluding hydrogens is 439 g/mol. The van der Waals surface area contributed by atoms with Crippen molar-refractivity contribution in [3.05, 3.63) is 72.1 Å². The Hall–Kier alpha value is -4.25. The lowest BCUT2D eigenvalue weighted by atomic mass is 9.98. The fourth-order valence-electron chi connectivity index (χ4n) is 3.23. The number of anilines is 2. The van der Waals surface area contributed by atoms with E-state index < -0.39 is 47.0 Å². The minimum absolute atomic E-state index is 0.00110. The van der Waals surface area contributed by atoms with Gasteiger partial charge in [-0.15, -0.1) is 0 Å². The molecule has 2 N–H and O–H groups in total. The van der Waals surface area contributed by atoms with E-state index in [-0.39, 0.29) is 10.8 Å². The Balaban J connectivity index is 1.71. The number of barbiturate groups is 1. The number of thiocarbonyl (C=S) groups is 1. The molecule has 2 aromatic rings. The van der Waals surface area contributed by atoms with Gasteiger partial charge in [0.1, 0.15) is 17.3 Å². The zero-order chi connectivity index (χ0) is 23.0. The fourth-order valence-corrected chi connectivity index (χ4v) is 3.52. The molecule has 2 aliphatic heterocycles. The highest BCUT2D eigenvalue weighted by molar-refractivity contribution is 7.80. The predicted octanol–water partition coefficient (Wildman–Crippen LogP) is 1.40. The molecule has 6 amide bonds. The molecule has 2 heterocycles. The van der Waals surface area contributed by atoms with Crippen LogP contribution in [-0.2, 0) is 19.2 Å². The first-order valence-corrected chi connectivity index (χ1v) is 9.60. The van der Waals surface area contributed by atoms with Gasteiger partial charge in [0.15, 0.2) is 5.11 Å². The molecule has 2 aliphatic rings. The van der Waals surface area contributed by atoms with Crippen molar-refractivity contribution < 1.29 is 28.4 Å². The van der Waals surface area contributed by atoms with Crippen LogP contribution in [0.15, 0.2) is 66.2 Å². The van der Waals surface area contributed by atoms with Crippen molar-refractivity contribution >= 4 is 58.4 Å². The average Bonchev–Trinajstić information content (AvgIpc) is 2.75. The summed E-state index contributed by atoms with van der Waals surface area (Å²) in [5.74, 6) is -5.89. The second-order valence-electron chi connectivity index (χ2n) is 6.74. The maximum absolute atomic E-state index is 13.2. The number of amides is 6. The quantitative estimate of drug-likeness (QED) is 0.315. The number of hydrogen-bond acceptors (Lipinski definition) is 6. The molecule has 160 valence electrons. The summed E-state index contributed by atoms with van der Waals surface area (Å²) in [4.78, 5) is 64.7. The van der Waals surface area contributed by atoms with Crippen LogP contribution in [0.5, 0.6) is 0 Å². The Morgan fingerprint density at radius 3 is 2.12 bits per heavy atom. The van der Waals surface area contributed by atoms with Crippen LogP contribution >= 0.6 is 12.2 Å². The summed E-state index contributed by atoms with van der Waals surface area (Å²) in [6.45, 7) is 0. The third kappa shape index (κ3) is 3.65. The smallest absolute Gasteiger partial charge is 0.301 e. The van der Waals surface area contributed by atoms with Crippen LogP contribution in [0.1, 0.15) is 0 Å². The lowest BCUT2D eigenvalue weighted by Gasteiger charge is -2.32. The van der Waals surface area contributed by atoms with E-state index in [4.69, 9.17) is 12.2 Å². The van der Waals surface area contributed by atoms with E-state index in [1.165, 1.54) is 12.1 Å². The number of nitrogens with one attached hydrogen (secondary N) is 2. The normalized spacial score (nSPS) is 20.5. The second kappa shape index (κ2) is 8.12. The summed E-state index contributed by atoms with van der Waals surface area (Å²) in [6, 6.07) is 11.6. The molecule has 0 radical (unpaired) electrons. The number of hydrogen-bond donors (Lipinski definition) is 2. The van der Waals surface area contributed by atoms with Gasteiger partial charge in [-0.2, -0.15) is 0 Å². The van der Waals surface area contributed by atoms with Crippen molar-refractivity contribution in [1.82, 2.24) is 10.6 Å². The number of imide groups is 2. The summed E-state index contributed by atoms with van der Waals surface area (Å²) in [5.41, 5.74) is -0.212. The van der Waals surface area contributed by atoms with Gasteiger partial charge in [0, 0.05) is 0 Å². The third-order valence-electron chi connectivity index (χ3n) is 4.74. The van der Waals surface area contributed by atoms with Gasteiger partial charge in [0.05, 0.1) is 11.4 Å². The van der Waals surface area contributed by atoms with E-state index in [1.807, 2.05) is 5.32 Å². The van der Waals surface area contributed by atoms with Crippen LogP contribution in [0.25, 0.3) is 0 Å². The summed E-state index contributed by atoms with van der Waals surface area (Å²) in [5, 5.41) is 4.20. The van der Waals surface area contributed by atoms with Crippen LogP contribution in [-0.4, -0.2) is 34.8 Å². The molecule has 32 heavy (non-hydrogen) atoms. The van der Waals surface area contributed by atoms with E-state index in [2.05, 4.69) is 5.32 Å². The molecule has 0 aromatic heterocycles. The number of para-hydroxylation sites is 1. The Bertz CT molecular complexity index is 1210. The molecule has 1 atom stereocenters. The summed E-state index contributed by atoms with van der Waals surface area (Å²) in [6.07, 6.45) is 0.885. The number of halogens is 1. The summed E-state index contributed by atoms with van der Waals surface area (Å²) >= 11 is 5.10. The molecule has 11 heteroatoms. The van der Waals surface area contributed by atoms with Crippen molar-refractivity contribution in [1.29, 1.82) is 0 Å². The molecule has 0 bridgehead atoms. The SMILES string of the molecule is O=C1NC(=O)N(c2ccc(F)cc2)C(=O)/C1=C/[C@H]1C(=O)NC(=S)N(c2ccccc2)C1=O. The van der Waals surface area contributed by atoms with Gasteiger partial charge in [-0.3, -0.25) is 29.4 Å². The maximum atomic E-state index is 13.2. The van der Waals surface area contributed by atoms with Gasteiger partial charge in [-0.05, 0) is 54.7 Å². The molecule has 2 saturated heterocycles. The lowest BCUT2D eigenvalue weighted by molar-refractivity contribution is -0.131. The highest BCUT2D eigenvalue weighted by Gasteiger charge is 2.42. The number of urea groups is 1. The van der Waals surface area contributed by atoms with E-state index in [9.17, 15) is 28.4 Å². The molecule has 2 aromatic carbocycles. The fraction of sp³-hybridized carbons (Fsp3) is 0.0476. The minimum Gasteiger partial charge on any atom is -0.301 e. The summed E-state index contributed by atoms with van der Waals surface area (Å²) < 4.78 is 13.2. The van der Waals surface area contributed by atoms with Crippen molar-refractivity contribution in [3.8, 4) is 0 Å². The molecule has 9 nitrogen and oxygen atoms in total. The first-order chi connectivity index (χ1) is 15.3. The van der Waals surface area contributed by atoms with Crippen LogP contribution in [0.3, 0.4) is 0 Å². The Kier molecular flexibility index (Phi) is 5.33. The van der Waals surface area contributed by atoms with Crippen molar-refractivity contribution in [3.63, 3.8) is 0 Å². The van der Waals surface area contributed by atoms with E-state index in [1.54, 1.807) is 30.3 Å². The molecule has 0 spiro atoms. The highest BCUT2D eigenvalue weighted by atomic mass is 32.1. The number of carbonyl (C=O) groups is 5. The molecule has 4 rings (SSSR count). The molecule has 2 fully saturated rings. The van der Waals surface area contributed by atoms with Gasteiger partial charge in [-0.1, -0.05) is 18.2 Å². The van der Waals surface area contributed by atoms with Crippen LogP contribution in [0.4, 0.5) is 20.6 Å². The zero-order valence-electron chi connectivity index (χ0n) is 16.1. The molecule has 0 saturated carbocycles. The zero-order valence-corrected chi connectivity index (χ0v) is 16.9. The second-order valence-corrected chi connectivity index (χ2v) is 7.12. The highest BCUT2D eigenvalue weighted by Crippen LogP contribution is 2.25. The average molecular weight is 452 g/mol. The van der Waals surface area contributed by atoms with Gasteiger partial charge in [0.2, 0.25) is 11.8 Å². The first-order valence-electron chi connectivity index (χ1n) is 9.19. The largest absolute Gasteiger partial charge is 0.335 e. The van der Waals surface area contributed by atoms with E-state index in [0.29, 0.717) is 10.6 Å². The summed E-state index contributed by atoms with van der Waals surface area (Å²) in [7, 11) is 0. The van der Waals surface area contributed by atoms with E-state index >= 15 is 0 Å². The van der Waals surface area contributed by atoms with Gasteiger partial charge >= 0.3 is 6.03 Å². The first kappa shape index (κ1) is 21.0. The van der Waals surface area contributed by atoms with Crippen molar-refractivity contribution in [2.45, 2.75) is 0 Å². The minimum atomic E-state index is -1.56. The molecule has 0 unspecified atom stereocenters. The number of carbonyl (C=O) groups excluding carboxylic acids is 5. The van der Waals surface area contributed by atoms with Crippen LogP contribution in [0.2, 0.25) is 0 Å². The van der Waals surface area contributed by atoms with Gasteiger partial charge in [-0.25, -0.2) is 14.1 Å². The number of benzene rings is 2. The number of rotatable bonds is 3. The Morgan fingerprint density at radius 1 is 0.844 bits per heavy atom. The van der Waals surface area contributed by atoms with Gasteiger partial charge in [0.25, 0.3) is 11.8 Å². The Labute approximate surface area is 185 Å². The third-order valence-corrected chi connectivity index (χ3v) is 5.02. The maximum Gasteiger partial charge on any atom is 0.335 e. The van der Waals surface area contributed by atoms with Crippen molar-refractivity contribution in [2.24, 2.45) is 5.92 Å². The predicted molar refractivity (Wildman–Crippen MR) is 114 cm³/mol.